The number of piperazine rings is 1. The van der Waals surface area contributed by atoms with E-state index < -0.39 is 0 Å². The fraction of sp³-hybridized carbons (Fsp3) is 0.440. The van der Waals surface area contributed by atoms with Gasteiger partial charge in [0.05, 0.1) is 19.6 Å². The minimum atomic E-state index is -0.198. The zero-order chi connectivity index (χ0) is 23.2. The van der Waals surface area contributed by atoms with Crippen LogP contribution in [0.1, 0.15) is 11.1 Å². The van der Waals surface area contributed by atoms with Crippen molar-refractivity contribution in [3.63, 3.8) is 0 Å². The molecule has 33 heavy (non-hydrogen) atoms. The number of nitrogens with one attached hydrogen (secondary N) is 2. The summed E-state index contributed by atoms with van der Waals surface area (Å²) in [6, 6.07) is 13.5. The number of carbonyl (C=O) groups is 2. The molecular formula is C25H32N4O4. The van der Waals surface area contributed by atoms with Crippen molar-refractivity contribution in [3.05, 3.63) is 53.6 Å². The topological polar surface area (TPSA) is 83.1 Å². The van der Waals surface area contributed by atoms with Gasteiger partial charge in [-0.05, 0) is 43.2 Å². The van der Waals surface area contributed by atoms with Gasteiger partial charge >= 0.3 is 0 Å². The lowest BCUT2D eigenvalue weighted by Crippen LogP contribution is -2.51. The van der Waals surface area contributed by atoms with Crippen LogP contribution in [-0.2, 0) is 9.59 Å². The Morgan fingerprint density at radius 2 is 1.58 bits per heavy atom. The third-order valence-corrected chi connectivity index (χ3v) is 6.17. The van der Waals surface area contributed by atoms with Crippen molar-refractivity contribution in [1.82, 2.24) is 15.1 Å². The maximum Gasteiger partial charge on any atom is 0.238 e. The lowest BCUT2D eigenvalue weighted by molar-refractivity contribution is -0.124. The number of hydrogen-bond donors (Lipinski definition) is 2. The highest BCUT2D eigenvalue weighted by Crippen LogP contribution is 2.30. The monoisotopic (exact) mass is 452 g/mol. The Hall–Kier alpha value is -3.10. The van der Waals surface area contributed by atoms with E-state index in [0.29, 0.717) is 32.0 Å². The van der Waals surface area contributed by atoms with Crippen LogP contribution >= 0.6 is 0 Å². The molecule has 8 nitrogen and oxygen atoms in total. The fourth-order valence-corrected chi connectivity index (χ4v) is 4.04. The van der Waals surface area contributed by atoms with Crippen LogP contribution in [0.2, 0.25) is 0 Å². The number of benzene rings is 2. The minimum Gasteiger partial charge on any atom is -0.486 e. The molecular weight excluding hydrogens is 420 g/mol. The Morgan fingerprint density at radius 3 is 2.30 bits per heavy atom. The van der Waals surface area contributed by atoms with E-state index in [4.69, 9.17) is 9.47 Å². The Balaban J connectivity index is 1.14. The van der Waals surface area contributed by atoms with Crippen LogP contribution in [-0.4, -0.2) is 80.1 Å². The molecule has 2 aliphatic heterocycles. The van der Waals surface area contributed by atoms with Crippen molar-refractivity contribution in [2.45, 2.75) is 20.0 Å². The van der Waals surface area contributed by atoms with Crippen molar-refractivity contribution in [1.29, 1.82) is 0 Å². The molecule has 0 saturated carbocycles. The van der Waals surface area contributed by atoms with Gasteiger partial charge in [0, 0.05) is 31.9 Å². The van der Waals surface area contributed by atoms with Crippen LogP contribution in [0.15, 0.2) is 42.5 Å². The average molecular weight is 453 g/mol. The molecule has 2 amide bonds. The van der Waals surface area contributed by atoms with Crippen molar-refractivity contribution < 1.29 is 19.1 Å². The molecule has 1 atom stereocenters. The Kier molecular flexibility index (Phi) is 7.47. The van der Waals surface area contributed by atoms with Gasteiger partial charge < -0.3 is 20.1 Å². The molecule has 4 rings (SSSR count). The summed E-state index contributed by atoms with van der Waals surface area (Å²) in [4.78, 5) is 29.1. The normalized spacial score (nSPS) is 18.5. The van der Waals surface area contributed by atoms with E-state index in [9.17, 15) is 9.59 Å². The Morgan fingerprint density at radius 1 is 0.909 bits per heavy atom. The molecule has 0 bridgehead atoms. The van der Waals surface area contributed by atoms with Crippen LogP contribution in [0.25, 0.3) is 0 Å². The quantitative estimate of drug-likeness (QED) is 0.667. The smallest absolute Gasteiger partial charge is 0.238 e. The van der Waals surface area contributed by atoms with Crippen molar-refractivity contribution in [2.75, 3.05) is 57.7 Å². The molecule has 0 unspecified atom stereocenters. The lowest BCUT2D eigenvalue weighted by Gasteiger charge is -2.34. The van der Waals surface area contributed by atoms with Crippen molar-refractivity contribution >= 4 is 17.5 Å². The van der Waals surface area contributed by atoms with Gasteiger partial charge in [-0.2, -0.15) is 0 Å². The van der Waals surface area contributed by atoms with Gasteiger partial charge in [-0.15, -0.1) is 0 Å². The molecule has 2 aromatic carbocycles. The van der Waals surface area contributed by atoms with Gasteiger partial charge in [0.15, 0.2) is 11.5 Å². The minimum absolute atomic E-state index is 0.00818. The molecule has 8 heteroatoms. The first kappa shape index (κ1) is 23.1. The molecule has 176 valence electrons. The first-order valence-electron chi connectivity index (χ1n) is 11.4. The van der Waals surface area contributed by atoms with Gasteiger partial charge in [-0.25, -0.2) is 0 Å². The van der Waals surface area contributed by atoms with Gasteiger partial charge in [0.1, 0.15) is 12.7 Å². The first-order valence-corrected chi connectivity index (χ1v) is 11.4. The number of para-hydroxylation sites is 2. The standard InChI is InChI=1S/C25H32N4O4/c1-18-6-5-7-21(19(18)2)27-25(31)16-29-12-10-28(11-13-29)15-24(30)26-14-20-17-32-22-8-3-4-9-23(22)33-20/h3-9,20H,10-17H2,1-2H3,(H,26,30)(H,27,31)/t20-/m0/s1. The van der Waals surface area contributed by atoms with E-state index in [1.165, 1.54) is 0 Å². The number of fused-ring (bicyclic) bond motifs is 1. The third-order valence-electron chi connectivity index (χ3n) is 6.17. The second-order valence-corrected chi connectivity index (χ2v) is 8.65. The summed E-state index contributed by atoms with van der Waals surface area (Å²) in [5.41, 5.74) is 3.12. The number of amides is 2. The van der Waals surface area contributed by atoms with Gasteiger partial charge in [-0.3, -0.25) is 19.4 Å². The zero-order valence-electron chi connectivity index (χ0n) is 19.3. The summed E-state index contributed by atoms with van der Waals surface area (Å²) < 4.78 is 11.6. The predicted molar refractivity (Wildman–Crippen MR) is 127 cm³/mol. The fourth-order valence-electron chi connectivity index (χ4n) is 4.04. The van der Waals surface area contributed by atoms with Gasteiger partial charge in [0.2, 0.25) is 11.8 Å². The molecule has 0 aliphatic carbocycles. The number of nitrogens with zero attached hydrogens (tertiary/aromatic N) is 2. The molecule has 0 aromatic heterocycles. The van der Waals surface area contributed by atoms with E-state index in [0.717, 1.165) is 48.7 Å². The molecule has 0 radical (unpaired) electrons. The van der Waals surface area contributed by atoms with Crippen LogP contribution in [0.3, 0.4) is 0 Å². The van der Waals surface area contributed by atoms with E-state index >= 15 is 0 Å². The number of hydrogen-bond acceptors (Lipinski definition) is 6. The summed E-state index contributed by atoms with van der Waals surface area (Å²) in [6.45, 7) is 8.58. The number of rotatable bonds is 7. The van der Waals surface area contributed by atoms with Crippen LogP contribution in [0.4, 0.5) is 5.69 Å². The second kappa shape index (κ2) is 10.7. The molecule has 2 aromatic rings. The van der Waals surface area contributed by atoms with E-state index in [2.05, 4.69) is 20.4 Å². The molecule has 2 N–H and O–H groups in total. The molecule has 1 fully saturated rings. The van der Waals surface area contributed by atoms with E-state index in [-0.39, 0.29) is 17.9 Å². The van der Waals surface area contributed by atoms with Crippen molar-refractivity contribution in [3.8, 4) is 11.5 Å². The zero-order valence-corrected chi connectivity index (χ0v) is 19.3. The van der Waals surface area contributed by atoms with Gasteiger partial charge in [0.25, 0.3) is 0 Å². The maximum atomic E-state index is 12.5. The summed E-state index contributed by atoms with van der Waals surface area (Å²) in [5, 5.41) is 5.96. The van der Waals surface area contributed by atoms with Crippen LogP contribution < -0.4 is 20.1 Å². The third kappa shape index (κ3) is 6.24. The maximum absolute atomic E-state index is 12.5. The largest absolute Gasteiger partial charge is 0.486 e. The Bertz CT molecular complexity index is 988. The number of aryl methyl sites for hydroxylation is 1. The van der Waals surface area contributed by atoms with Crippen LogP contribution in [0, 0.1) is 13.8 Å². The summed E-state index contributed by atoms with van der Waals surface area (Å²) in [7, 11) is 0. The second-order valence-electron chi connectivity index (χ2n) is 8.65. The van der Waals surface area contributed by atoms with Gasteiger partial charge in [-0.1, -0.05) is 24.3 Å². The molecule has 0 spiro atoms. The highest BCUT2D eigenvalue weighted by molar-refractivity contribution is 5.93. The summed E-state index contributed by atoms with van der Waals surface area (Å²) in [5.74, 6) is 1.41. The number of carbonyl (C=O) groups excluding carboxylic acids is 2. The lowest BCUT2D eigenvalue weighted by atomic mass is 10.1. The number of ether oxygens (including phenoxy) is 2. The SMILES string of the molecule is Cc1cccc(NC(=O)CN2CCN(CC(=O)NC[C@H]3COc4ccccc4O3)CC2)c1C. The molecule has 2 aliphatic rings. The highest BCUT2D eigenvalue weighted by atomic mass is 16.6. The summed E-state index contributed by atoms with van der Waals surface area (Å²) >= 11 is 0. The number of anilines is 1. The predicted octanol–water partition coefficient (Wildman–Crippen LogP) is 1.82. The average Bonchev–Trinajstić information content (AvgIpc) is 2.82. The highest BCUT2D eigenvalue weighted by Gasteiger charge is 2.23. The van der Waals surface area contributed by atoms with Crippen molar-refractivity contribution in [2.24, 2.45) is 0 Å². The molecule has 2 heterocycles. The van der Waals surface area contributed by atoms with Crippen LogP contribution in [0.5, 0.6) is 11.5 Å². The Labute approximate surface area is 194 Å². The summed E-state index contributed by atoms with van der Waals surface area (Å²) in [6.07, 6.45) is -0.198. The first-order chi connectivity index (χ1) is 16.0. The van der Waals surface area contributed by atoms with E-state index in [1.54, 1.807) is 0 Å². The molecule has 1 saturated heterocycles. The van der Waals surface area contributed by atoms with E-state index in [1.807, 2.05) is 56.3 Å².